The van der Waals surface area contributed by atoms with Crippen LogP contribution in [0.15, 0.2) is 30.3 Å². The fourth-order valence-electron chi connectivity index (χ4n) is 1.92. The van der Waals surface area contributed by atoms with Gasteiger partial charge in [-0.3, -0.25) is 9.59 Å². The summed E-state index contributed by atoms with van der Waals surface area (Å²) < 4.78 is 0. The van der Waals surface area contributed by atoms with Gasteiger partial charge >= 0.3 is 0 Å². The fraction of sp³-hybridized carbons (Fsp3) is 0.294. The average molecular weight is 333 g/mol. The molecule has 5 nitrogen and oxygen atoms in total. The molecule has 0 saturated heterocycles. The average Bonchev–Trinajstić information content (AvgIpc) is 2.80. The number of nitrogens with one attached hydrogen (secondary N) is 1. The predicted molar refractivity (Wildman–Crippen MR) is 89.0 cm³/mol. The van der Waals surface area contributed by atoms with Gasteiger partial charge in [-0.1, -0.05) is 51.1 Å². The van der Waals surface area contributed by atoms with Crippen LogP contribution in [-0.2, 0) is 6.54 Å². The molecule has 1 aromatic heterocycles. The highest BCUT2D eigenvalue weighted by molar-refractivity contribution is 7.16. The van der Waals surface area contributed by atoms with Crippen molar-refractivity contribution in [3.05, 3.63) is 45.6 Å². The Bertz CT molecular complexity index is 729. The van der Waals surface area contributed by atoms with E-state index in [1.165, 1.54) is 0 Å². The van der Waals surface area contributed by atoms with Crippen LogP contribution >= 0.6 is 11.3 Å². The van der Waals surface area contributed by atoms with Crippen LogP contribution in [0.2, 0.25) is 0 Å². The number of carbonyl (C=O) groups excluding carboxylic acids is 2. The Morgan fingerprint density at radius 2 is 1.61 bits per heavy atom. The Balaban J connectivity index is 2.20. The quantitative estimate of drug-likeness (QED) is 0.749. The summed E-state index contributed by atoms with van der Waals surface area (Å²) in [6.07, 6.45) is 0. The van der Waals surface area contributed by atoms with Crippen molar-refractivity contribution in [3.8, 4) is 11.5 Å². The first-order valence-corrected chi connectivity index (χ1v) is 7.95. The number of hydrogen-bond acceptors (Lipinski definition) is 5. The first-order valence-electron chi connectivity index (χ1n) is 7.13. The number of hydrogen-bond donors (Lipinski definition) is 3. The molecule has 1 heterocycles. The van der Waals surface area contributed by atoms with Gasteiger partial charge in [0.2, 0.25) is 0 Å². The van der Waals surface area contributed by atoms with Crippen molar-refractivity contribution >= 4 is 23.0 Å². The molecule has 0 aliphatic rings. The largest absolute Gasteiger partial charge is 0.503 e. The molecule has 122 valence electrons. The third-order valence-corrected chi connectivity index (χ3v) is 4.41. The standard InChI is InChI=1S/C17H19NO4S/c1-17(2,3)15(21)13-11(19)12(20)14(23-13)16(22)18-9-10-7-5-4-6-8-10/h4-8,19-20H,9H2,1-3H3,(H,18,22). The number of benzene rings is 1. The van der Waals surface area contributed by atoms with Gasteiger partial charge in [0.15, 0.2) is 17.3 Å². The first kappa shape index (κ1) is 17.0. The second kappa shape index (κ2) is 6.42. The maximum absolute atomic E-state index is 12.3. The number of amides is 1. The Labute approximate surface area is 138 Å². The molecule has 2 aromatic rings. The van der Waals surface area contributed by atoms with Gasteiger partial charge in [-0.25, -0.2) is 0 Å². The monoisotopic (exact) mass is 333 g/mol. The number of aromatic hydroxyl groups is 2. The van der Waals surface area contributed by atoms with Crippen molar-refractivity contribution in [3.63, 3.8) is 0 Å². The van der Waals surface area contributed by atoms with E-state index in [2.05, 4.69) is 5.32 Å². The van der Waals surface area contributed by atoms with Crippen molar-refractivity contribution in [1.29, 1.82) is 0 Å². The normalized spacial score (nSPS) is 11.3. The van der Waals surface area contributed by atoms with Crippen LogP contribution < -0.4 is 5.32 Å². The molecule has 1 aromatic carbocycles. The lowest BCUT2D eigenvalue weighted by molar-refractivity contribution is 0.0859. The molecule has 0 saturated carbocycles. The minimum Gasteiger partial charge on any atom is -0.503 e. The van der Waals surface area contributed by atoms with Gasteiger partial charge in [-0.15, -0.1) is 11.3 Å². The number of carbonyl (C=O) groups is 2. The smallest absolute Gasteiger partial charge is 0.265 e. The molecule has 0 spiro atoms. The molecule has 23 heavy (non-hydrogen) atoms. The lowest BCUT2D eigenvalue weighted by atomic mass is 9.90. The fourth-order valence-corrected chi connectivity index (χ4v) is 3.08. The second-order valence-corrected chi connectivity index (χ2v) is 7.23. The zero-order chi connectivity index (χ0) is 17.2. The van der Waals surface area contributed by atoms with E-state index in [1.807, 2.05) is 30.3 Å². The molecule has 0 radical (unpaired) electrons. The minimum absolute atomic E-state index is 0.000129. The summed E-state index contributed by atoms with van der Waals surface area (Å²) in [6, 6.07) is 9.31. The van der Waals surface area contributed by atoms with Crippen LogP contribution in [0, 0.1) is 5.41 Å². The summed E-state index contributed by atoms with van der Waals surface area (Å²) >= 11 is 0.803. The predicted octanol–water partition coefficient (Wildman–Crippen LogP) is 3.32. The SMILES string of the molecule is CC(C)(C)C(=O)c1sc(C(=O)NCc2ccccc2)c(O)c1O. The molecular weight excluding hydrogens is 314 g/mol. The molecule has 2 rings (SSSR count). The van der Waals surface area contributed by atoms with E-state index >= 15 is 0 Å². The minimum atomic E-state index is -0.716. The maximum Gasteiger partial charge on any atom is 0.265 e. The van der Waals surface area contributed by atoms with Crippen LogP contribution in [0.1, 0.15) is 45.7 Å². The Hall–Kier alpha value is -2.34. The molecule has 0 fully saturated rings. The van der Waals surface area contributed by atoms with E-state index in [0.29, 0.717) is 6.54 Å². The summed E-state index contributed by atoms with van der Waals surface area (Å²) in [5.41, 5.74) is 0.194. The number of Topliss-reactive ketones (excluding diaryl/α,β-unsaturated/α-hetero) is 1. The topological polar surface area (TPSA) is 86.6 Å². The highest BCUT2D eigenvalue weighted by Gasteiger charge is 2.32. The van der Waals surface area contributed by atoms with Crippen molar-refractivity contribution in [1.82, 2.24) is 5.32 Å². The van der Waals surface area contributed by atoms with Crippen LogP contribution in [0.5, 0.6) is 11.5 Å². The van der Waals surface area contributed by atoms with Crippen molar-refractivity contribution in [2.75, 3.05) is 0 Å². The van der Waals surface area contributed by atoms with Gasteiger partial charge in [-0.2, -0.15) is 0 Å². The molecule has 0 atom stereocenters. The van der Waals surface area contributed by atoms with Crippen LogP contribution in [0.25, 0.3) is 0 Å². The Kier molecular flexibility index (Phi) is 4.75. The highest BCUT2D eigenvalue weighted by Crippen LogP contribution is 2.42. The van der Waals surface area contributed by atoms with Gasteiger partial charge in [0, 0.05) is 12.0 Å². The van der Waals surface area contributed by atoms with Gasteiger partial charge in [-0.05, 0) is 5.56 Å². The third kappa shape index (κ3) is 3.71. The first-order chi connectivity index (χ1) is 10.7. The van der Waals surface area contributed by atoms with E-state index in [0.717, 1.165) is 16.9 Å². The van der Waals surface area contributed by atoms with Crippen molar-refractivity contribution < 1.29 is 19.8 Å². The summed E-state index contributed by atoms with van der Waals surface area (Å²) in [7, 11) is 0. The third-order valence-electron chi connectivity index (χ3n) is 3.25. The van der Waals surface area contributed by atoms with Crippen molar-refractivity contribution in [2.24, 2.45) is 5.41 Å². The molecule has 1 amide bonds. The van der Waals surface area contributed by atoms with Gasteiger partial charge in [0.1, 0.15) is 9.75 Å². The van der Waals surface area contributed by atoms with E-state index in [-0.39, 0.29) is 15.5 Å². The number of rotatable bonds is 4. The molecule has 0 unspecified atom stereocenters. The van der Waals surface area contributed by atoms with E-state index in [1.54, 1.807) is 20.8 Å². The van der Waals surface area contributed by atoms with Gasteiger partial charge in [0.25, 0.3) is 5.91 Å². The highest BCUT2D eigenvalue weighted by atomic mass is 32.1. The lowest BCUT2D eigenvalue weighted by Crippen LogP contribution is -2.22. The van der Waals surface area contributed by atoms with Gasteiger partial charge in [0.05, 0.1) is 0 Å². The molecular formula is C17H19NO4S. The summed E-state index contributed by atoms with van der Waals surface area (Å²) in [5, 5.41) is 22.6. The zero-order valence-electron chi connectivity index (χ0n) is 13.2. The molecule has 3 N–H and O–H groups in total. The van der Waals surface area contributed by atoms with Crippen LogP contribution in [0.4, 0.5) is 0 Å². The summed E-state index contributed by atoms with van der Waals surface area (Å²) in [6.45, 7) is 5.42. The maximum atomic E-state index is 12.3. The van der Waals surface area contributed by atoms with Gasteiger partial charge < -0.3 is 15.5 Å². The second-order valence-electron chi connectivity index (χ2n) is 6.20. The number of ketones is 1. The Morgan fingerprint density at radius 1 is 1.04 bits per heavy atom. The van der Waals surface area contributed by atoms with E-state index < -0.39 is 22.8 Å². The molecule has 6 heteroatoms. The van der Waals surface area contributed by atoms with E-state index in [9.17, 15) is 19.8 Å². The molecule has 0 aliphatic heterocycles. The van der Waals surface area contributed by atoms with Crippen molar-refractivity contribution in [2.45, 2.75) is 27.3 Å². The Morgan fingerprint density at radius 3 is 2.17 bits per heavy atom. The van der Waals surface area contributed by atoms with E-state index in [4.69, 9.17) is 0 Å². The summed E-state index contributed by atoms with van der Waals surface area (Å²) in [5.74, 6) is -1.93. The lowest BCUT2D eigenvalue weighted by Gasteiger charge is -2.14. The summed E-state index contributed by atoms with van der Waals surface area (Å²) in [4.78, 5) is 24.4. The molecule has 0 aliphatic carbocycles. The zero-order valence-corrected chi connectivity index (χ0v) is 14.0. The molecule has 0 bridgehead atoms. The van der Waals surface area contributed by atoms with Crippen LogP contribution in [-0.4, -0.2) is 21.9 Å². The van der Waals surface area contributed by atoms with Crippen LogP contribution in [0.3, 0.4) is 0 Å². The number of thiophene rings is 1.